The lowest BCUT2D eigenvalue weighted by Gasteiger charge is -2.02. The second-order valence-corrected chi connectivity index (χ2v) is 5.18. The quantitative estimate of drug-likeness (QED) is 0.323. The second-order valence-electron chi connectivity index (χ2n) is 4.07. The summed E-state index contributed by atoms with van der Waals surface area (Å²) in [7, 11) is 0. The van der Waals surface area contributed by atoms with Crippen LogP contribution in [-0.4, -0.2) is 18.2 Å². The summed E-state index contributed by atoms with van der Waals surface area (Å²) >= 11 is 1.73. The fourth-order valence-corrected chi connectivity index (χ4v) is 2.86. The predicted molar refractivity (Wildman–Crippen MR) is 77.7 cm³/mol. The molecule has 1 heterocycles. The number of rotatable bonds is 6. The molecule has 0 unspecified atom stereocenters. The Morgan fingerprint density at radius 2 is 2.16 bits per heavy atom. The number of hydrazine groups is 1. The number of furan rings is 1. The molecule has 0 spiro atoms. The molecule has 0 radical (unpaired) electrons. The highest BCUT2D eigenvalue weighted by molar-refractivity contribution is 7.98. The third-order valence-corrected chi connectivity index (χ3v) is 3.84. The fourth-order valence-electron chi connectivity index (χ4n) is 1.85. The minimum atomic E-state index is -0.398. The Labute approximate surface area is 115 Å². The van der Waals surface area contributed by atoms with Gasteiger partial charge >= 0.3 is 5.91 Å². The minimum absolute atomic E-state index is 0.295. The molecule has 0 aliphatic carbocycles. The Balaban J connectivity index is 2.29. The maximum Gasteiger partial charge on any atom is 0.301 e. The molecule has 2 rings (SSSR count). The Bertz CT molecular complexity index is 568. The van der Waals surface area contributed by atoms with Crippen molar-refractivity contribution in [3.05, 3.63) is 35.6 Å². The summed E-state index contributed by atoms with van der Waals surface area (Å²) in [4.78, 5) is 11.7. The van der Waals surface area contributed by atoms with Crippen molar-refractivity contribution >= 4 is 28.6 Å². The molecule has 1 amide bonds. The zero-order valence-corrected chi connectivity index (χ0v) is 11.3. The molecular formula is C13H17N3O2S. The maximum atomic E-state index is 11.7. The molecule has 102 valence electrons. The lowest BCUT2D eigenvalue weighted by atomic mass is 10.1. The van der Waals surface area contributed by atoms with Crippen LogP contribution < -0.4 is 17.0 Å². The first kappa shape index (κ1) is 13.9. The van der Waals surface area contributed by atoms with Gasteiger partial charge in [0.25, 0.3) is 0 Å². The number of fused-ring (bicyclic) bond motifs is 1. The second kappa shape index (κ2) is 6.60. The molecule has 6 heteroatoms. The summed E-state index contributed by atoms with van der Waals surface area (Å²) in [5.41, 5.74) is 9.18. The van der Waals surface area contributed by atoms with Crippen molar-refractivity contribution in [2.45, 2.75) is 12.2 Å². The molecule has 0 saturated heterocycles. The molecule has 0 aliphatic heterocycles. The summed E-state index contributed by atoms with van der Waals surface area (Å²) in [5, 5.41) is 0.960. The SMILES string of the molecule is NCCCSCc1c(C(=O)NN)oc2ccccc12. The smallest absolute Gasteiger partial charge is 0.301 e. The van der Waals surface area contributed by atoms with E-state index in [0.717, 1.165) is 23.1 Å². The molecule has 0 bridgehead atoms. The van der Waals surface area contributed by atoms with Gasteiger partial charge in [-0.05, 0) is 24.8 Å². The van der Waals surface area contributed by atoms with Crippen molar-refractivity contribution < 1.29 is 9.21 Å². The average molecular weight is 279 g/mol. The molecular weight excluding hydrogens is 262 g/mol. The molecule has 0 saturated carbocycles. The van der Waals surface area contributed by atoms with Gasteiger partial charge < -0.3 is 10.2 Å². The van der Waals surface area contributed by atoms with Gasteiger partial charge in [-0.1, -0.05) is 18.2 Å². The molecule has 5 N–H and O–H groups in total. The number of amides is 1. The molecule has 5 nitrogen and oxygen atoms in total. The highest BCUT2D eigenvalue weighted by Gasteiger charge is 2.19. The van der Waals surface area contributed by atoms with Gasteiger partial charge in [-0.2, -0.15) is 11.8 Å². The first-order valence-electron chi connectivity index (χ1n) is 6.07. The van der Waals surface area contributed by atoms with Crippen LogP contribution in [-0.2, 0) is 5.75 Å². The Morgan fingerprint density at radius 1 is 1.37 bits per heavy atom. The number of nitrogen functional groups attached to an aromatic ring is 1. The molecule has 0 fully saturated rings. The van der Waals surface area contributed by atoms with Crippen molar-refractivity contribution in [1.82, 2.24) is 5.43 Å². The van der Waals surface area contributed by atoms with Crippen LogP contribution in [0.15, 0.2) is 28.7 Å². The first-order chi connectivity index (χ1) is 9.27. The highest BCUT2D eigenvalue weighted by atomic mass is 32.2. The van der Waals surface area contributed by atoms with Crippen LogP contribution in [0.4, 0.5) is 0 Å². The van der Waals surface area contributed by atoms with E-state index in [4.69, 9.17) is 16.0 Å². The minimum Gasteiger partial charge on any atom is -0.451 e. The predicted octanol–water partition coefficient (Wildman–Crippen LogP) is 1.62. The summed E-state index contributed by atoms with van der Waals surface area (Å²) in [6.45, 7) is 0.676. The number of hydrogen-bond donors (Lipinski definition) is 3. The van der Waals surface area contributed by atoms with Crippen LogP contribution >= 0.6 is 11.8 Å². The van der Waals surface area contributed by atoms with E-state index < -0.39 is 5.91 Å². The van der Waals surface area contributed by atoms with Gasteiger partial charge in [0, 0.05) is 16.7 Å². The van der Waals surface area contributed by atoms with Crippen LogP contribution in [0.25, 0.3) is 11.0 Å². The fraction of sp³-hybridized carbons (Fsp3) is 0.308. The lowest BCUT2D eigenvalue weighted by Crippen LogP contribution is -2.30. The number of hydrogen-bond acceptors (Lipinski definition) is 5. The van der Waals surface area contributed by atoms with E-state index in [2.05, 4.69) is 5.43 Å². The van der Waals surface area contributed by atoms with Gasteiger partial charge in [0.1, 0.15) is 5.58 Å². The summed E-state index contributed by atoms with van der Waals surface area (Å²) in [6.07, 6.45) is 0.957. The average Bonchev–Trinajstić information content (AvgIpc) is 2.81. The van der Waals surface area contributed by atoms with E-state index in [1.54, 1.807) is 11.8 Å². The standard InChI is InChI=1S/C13H17N3O2S/c14-6-3-7-19-8-10-9-4-1-2-5-11(9)18-12(10)13(17)16-15/h1-2,4-5H,3,6-8,14-15H2,(H,16,17). The molecule has 2 aromatic rings. The van der Waals surface area contributed by atoms with Crippen LogP contribution in [0.1, 0.15) is 22.5 Å². The lowest BCUT2D eigenvalue weighted by molar-refractivity contribution is 0.0927. The third kappa shape index (κ3) is 3.09. The van der Waals surface area contributed by atoms with Crippen molar-refractivity contribution in [3.8, 4) is 0 Å². The topological polar surface area (TPSA) is 94.3 Å². The first-order valence-corrected chi connectivity index (χ1v) is 7.22. The molecule has 1 aromatic carbocycles. The number of nitrogens with two attached hydrogens (primary N) is 2. The van der Waals surface area contributed by atoms with Gasteiger partial charge in [-0.3, -0.25) is 10.2 Å². The number of carbonyl (C=O) groups excluding carboxylic acids is 1. The van der Waals surface area contributed by atoms with E-state index in [9.17, 15) is 4.79 Å². The Kier molecular flexibility index (Phi) is 4.84. The number of nitrogens with one attached hydrogen (secondary N) is 1. The molecule has 19 heavy (non-hydrogen) atoms. The Hall–Kier alpha value is -1.50. The van der Waals surface area contributed by atoms with Crippen LogP contribution in [0, 0.1) is 0 Å². The molecule has 0 atom stereocenters. The largest absolute Gasteiger partial charge is 0.451 e. The van der Waals surface area contributed by atoms with Crippen LogP contribution in [0.5, 0.6) is 0 Å². The zero-order chi connectivity index (χ0) is 13.7. The number of thioether (sulfide) groups is 1. The van der Waals surface area contributed by atoms with Gasteiger partial charge in [0.05, 0.1) is 0 Å². The van der Waals surface area contributed by atoms with Crippen molar-refractivity contribution in [2.24, 2.45) is 11.6 Å². The highest BCUT2D eigenvalue weighted by Crippen LogP contribution is 2.29. The van der Waals surface area contributed by atoms with Crippen LogP contribution in [0.2, 0.25) is 0 Å². The van der Waals surface area contributed by atoms with E-state index >= 15 is 0 Å². The van der Waals surface area contributed by atoms with E-state index in [1.807, 2.05) is 24.3 Å². The van der Waals surface area contributed by atoms with E-state index in [0.29, 0.717) is 23.6 Å². The summed E-state index contributed by atoms with van der Waals surface area (Å²) in [5.74, 6) is 6.75. The normalized spacial score (nSPS) is 10.8. The number of benzene rings is 1. The Morgan fingerprint density at radius 3 is 2.89 bits per heavy atom. The van der Waals surface area contributed by atoms with E-state index in [-0.39, 0.29) is 0 Å². The van der Waals surface area contributed by atoms with Crippen LogP contribution in [0.3, 0.4) is 0 Å². The number of para-hydroxylation sites is 1. The monoisotopic (exact) mass is 279 g/mol. The molecule has 0 aliphatic rings. The van der Waals surface area contributed by atoms with Gasteiger partial charge in [0.15, 0.2) is 5.76 Å². The van der Waals surface area contributed by atoms with Crippen molar-refractivity contribution in [2.75, 3.05) is 12.3 Å². The van der Waals surface area contributed by atoms with Gasteiger partial charge in [-0.15, -0.1) is 0 Å². The number of carbonyl (C=O) groups is 1. The van der Waals surface area contributed by atoms with Crippen molar-refractivity contribution in [3.63, 3.8) is 0 Å². The van der Waals surface area contributed by atoms with Gasteiger partial charge in [0.2, 0.25) is 0 Å². The van der Waals surface area contributed by atoms with Crippen molar-refractivity contribution in [1.29, 1.82) is 0 Å². The molecule has 1 aromatic heterocycles. The van der Waals surface area contributed by atoms with E-state index in [1.165, 1.54) is 0 Å². The zero-order valence-electron chi connectivity index (χ0n) is 10.5. The summed E-state index contributed by atoms with van der Waals surface area (Å²) in [6, 6.07) is 7.60. The van der Waals surface area contributed by atoms with Gasteiger partial charge in [-0.25, -0.2) is 5.84 Å². The summed E-state index contributed by atoms with van der Waals surface area (Å²) < 4.78 is 5.58. The maximum absolute atomic E-state index is 11.7. The third-order valence-electron chi connectivity index (χ3n) is 2.77.